The first-order valence-corrected chi connectivity index (χ1v) is 6.35. The van der Waals surface area contributed by atoms with Crippen LogP contribution in [0.25, 0.3) is 0 Å². The molecule has 0 aliphatic rings. The summed E-state index contributed by atoms with van der Waals surface area (Å²) in [7, 11) is -4.27. The predicted molar refractivity (Wildman–Crippen MR) is 59.9 cm³/mol. The summed E-state index contributed by atoms with van der Waals surface area (Å²) in [4.78, 5) is 10.2. The van der Waals surface area contributed by atoms with Crippen molar-refractivity contribution in [2.45, 2.75) is 10.9 Å². The average molecular weight is 288 g/mol. The Hall–Kier alpha value is -2.02. The summed E-state index contributed by atoms with van der Waals surface area (Å²) >= 11 is 0. The summed E-state index contributed by atoms with van der Waals surface area (Å²) < 4.78 is 38.3. The molecule has 0 fully saturated rings. The molecule has 1 unspecified atom stereocenters. The number of carbonyl (C=O) groups is 1. The van der Waals surface area contributed by atoms with Crippen molar-refractivity contribution in [3.63, 3.8) is 0 Å². The van der Waals surface area contributed by atoms with E-state index < -0.39 is 44.9 Å². The van der Waals surface area contributed by atoms with Crippen molar-refractivity contribution in [1.29, 1.82) is 5.26 Å². The molecule has 0 aliphatic heterocycles. The maximum absolute atomic E-state index is 13.0. The standard InChI is InChI=1S/C10H9FN2O5S/c11-8-2-1-7(3-6(8)4-12)19(17,18)13-9(5-14)10(15)16/h1-3,9,13-14H,5H2,(H,15,16). The van der Waals surface area contributed by atoms with Crippen LogP contribution in [0.5, 0.6) is 0 Å². The number of benzene rings is 1. The van der Waals surface area contributed by atoms with Gasteiger partial charge in [0.25, 0.3) is 0 Å². The second-order valence-corrected chi connectivity index (χ2v) is 5.16. The minimum Gasteiger partial charge on any atom is -0.480 e. The number of carboxylic acid groups (broad SMARTS) is 1. The molecule has 3 N–H and O–H groups in total. The van der Waals surface area contributed by atoms with E-state index in [0.29, 0.717) is 0 Å². The smallest absolute Gasteiger partial charge is 0.324 e. The number of sulfonamides is 1. The van der Waals surface area contributed by atoms with Crippen LogP contribution in [0.15, 0.2) is 23.1 Å². The van der Waals surface area contributed by atoms with Crippen LogP contribution in [0.2, 0.25) is 0 Å². The lowest BCUT2D eigenvalue weighted by atomic mass is 10.2. The van der Waals surface area contributed by atoms with Gasteiger partial charge in [-0.3, -0.25) is 4.79 Å². The zero-order valence-electron chi connectivity index (χ0n) is 9.37. The van der Waals surface area contributed by atoms with E-state index in [4.69, 9.17) is 15.5 Å². The molecule has 0 aromatic heterocycles. The molecule has 7 nitrogen and oxygen atoms in total. The average Bonchev–Trinajstić information content (AvgIpc) is 2.36. The molecule has 0 radical (unpaired) electrons. The summed E-state index contributed by atoms with van der Waals surface area (Å²) in [5.74, 6) is -2.45. The molecule has 0 spiro atoms. The highest BCUT2D eigenvalue weighted by Gasteiger charge is 2.25. The number of carboxylic acids is 1. The van der Waals surface area contributed by atoms with Gasteiger partial charge in [0, 0.05) is 0 Å². The van der Waals surface area contributed by atoms with Gasteiger partial charge < -0.3 is 10.2 Å². The zero-order chi connectivity index (χ0) is 14.6. The van der Waals surface area contributed by atoms with Crippen molar-refractivity contribution in [3.8, 4) is 6.07 Å². The second kappa shape index (κ2) is 5.75. The van der Waals surface area contributed by atoms with Crippen molar-refractivity contribution in [1.82, 2.24) is 4.72 Å². The van der Waals surface area contributed by atoms with Crippen molar-refractivity contribution in [2.75, 3.05) is 6.61 Å². The molecule has 0 amide bonds. The molecule has 1 aromatic carbocycles. The van der Waals surface area contributed by atoms with E-state index in [-0.39, 0.29) is 0 Å². The van der Waals surface area contributed by atoms with E-state index in [9.17, 15) is 17.6 Å². The molecule has 1 atom stereocenters. The van der Waals surface area contributed by atoms with Gasteiger partial charge in [-0.25, -0.2) is 12.8 Å². The molecular formula is C10H9FN2O5S. The topological polar surface area (TPSA) is 127 Å². The largest absolute Gasteiger partial charge is 0.480 e. The number of nitrogens with zero attached hydrogens (tertiary/aromatic N) is 1. The Morgan fingerprint density at radius 1 is 1.53 bits per heavy atom. The Morgan fingerprint density at radius 3 is 2.63 bits per heavy atom. The highest BCUT2D eigenvalue weighted by atomic mass is 32.2. The molecule has 0 heterocycles. The van der Waals surface area contributed by atoms with Crippen molar-refractivity contribution in [3.05, 3.63) is 29.6 Å². The van der Waals surface area contributed by atoms with Gasteiger partial charge in [0.15, 0.2) is 0 Å². The highest BCUT2D eigenvalue weighted by molar-refractivity contribution is 7.89. The number of rotatable bonds is 5. The predicted octanol–water partition coefficient (Wildman–Crippen LogP) is -0.579. The molecule has 0 saturated carbocycles. The Kier molecular flexibility index (Phi) is 4.55. The molecule has 0 aliphatic carbocycles. The number of aliphatic hydroxyl groups is 1. The van der Waals surface area contributed by atoms with E-state index in [0.717, 1.165) is 18.2 Å². The number of nitrogens with one attached hydrogen (secondary N) is 1. The molecule has 19 heavy (non-hydrogen) atoms. The Labute approximate surface area is 108 Å². The van der Waals surface area contributed by atoms with Gasteiger partial charge in [0.05, 0.1) is 17.1 Å². The van der Waals surface area contributed by atoms with Crippen LogP contribution < -0.4 is 4.72 Å². The number of aliphatic carboxylic acids is 1. The fraction of sp³-hybridized carbons (Fsp3) is 0.200. The van der Waals surface area contributed by atoms with E-state index >= 15 is 0 Å². The summed E-state index contributed by atoms with van der Waals surface area (Å²) in [5, 5.41) is 25.9. The number of hydrogen-bond donors (Lipinski definition) is 3. The minimum atomic E-state index is -4.27. The van der Waals surface area contributed by atoms with Crippen LogP contribution in [0, 0.1) is 17.1 Å². The summed E-state index contributed by atoms with van der Waals surface area (Å²) in [6.45, 7) is -0.944. The molecule has 9 heteroatoms. The van der Waals surface area contributed by atoms with E-state index in [1.807, 2.05) is 0 Å². The number of hydrogen-bond acceptors (Lipinski definition) is 5. The van der Waals surface area contributed by atoms with Crippen molar-refractivity contribution < 1.29 is 27.8 Å². The van der Waals surface area contributed by atoms with E-state index in [2.05, 4.69) is 0 Å². The first kappa shape index (κ1) is 15.0. The summed E-state index contributed by atoms with van der Waals surface area (Å²) in [5.41, 5.74) is -0.487. The molecule has 102 valence electrons. The van der Waals surface area contributed by atoms with Gasteiger partial charge in [-0.15, -0.1) is 0 Å². The van der Waals surface area contributed by atoms with Crippen LogP contribution in [-0.4, -0.2) is 37.2 Å². The lowest BCUT2D eigenvalue weighted by Gasteiger charge is -2.12. The van der Waals surface area contributed by atoms with Crippen LogP contribution in [0.4, 0.5) is 4.39 Å². The van der Waals surface area contributed by atoms with Gasteiger partial charge in [-0.1, -0.05) is 0 Å². The third kappa shape index (κ3) is 3.47. The Balaban J connectivity index is 3.14. The third-order valence-corrected chi connectivity index (χ3v) is 3.62. The van der Waals surface area contributed by atoms with E-state index in [1.54, 1.807) is 4.72 Å². The Morgan fingerprint density at radius 2 is 2.16 bits per heavy atom. The third-order valence-electron chi connectivity index (χ3n) is 2.15. The molecule has 0 saturated heterocycles. The first-order valence-electron chi connectivity index (χ1n) is 4.87. The quantitative estimate of drug-likeness (QED) is 0.665. The maximum atomic E-state index is 13.0. The lowest BCUT2D eigenvalue weighted by molar-refractivity contribution is -0.139. The molecule has 1 aromatic rings. The fourth-order valence-electron chi connectivity index (χ4n) is 1.18. The van der Waals surface area contributed by atoms with Gasteiger partial charge in [0.1, 0.15) is 17.9 Å². The molecular weight excluding hydrogens is 279 g/mol. The van der Waals surface area contributed by atoms with Crippen LogP contribution in [-0.2, 0) is 14.8 Å². The fourth-order valence-corrected chi connectivity index (χ4v) is 2.38. The van der Waals surface area contributed by atoms with Crippen LogP contribution >= 0.6 is 0 Å². The SMILES string of the molecule is N#Cc1cc(S(=O)(=O)NC(CO)C(=O)O)ccc1F. The number of nitriles is 1. The lowest BCUT2D eigenvalue weighted by Crippen LogP contribution is -2.43. The highest BCUT2D eigenvalue weighted by Crippen LogP contribution is 2.14. The molecule has 0 bridgehead atoms. The normalized spacial score (nSPS) is 12.7. The van der Waals surface area contributed by atoms with Crippen molar-refractivity contribution in [2.24, 2.45) is 0 Å². The van der Waals surface area contributed by atoms with E-state index in [1.165, 1.54) is 6.07 Å². The number of aliphatic hydroxyl groups excluding tert-OH is 1. The van der Waals surface area contributed by atoms with Gasteiger partial charge in [0.2, 0.25) is 10.0 Å². The van der Waals surface area contributed by atoms with Gasteiger partial charge in [-0.05, 0) is 18.2 Å². The maximum Gasteiger partial charge on any atom is 0.324 e. The first-order chi connectivity index (χ1) is 8.81. The zero-order valence-corrected chi connectivity index (χ0v) is 10.2. The van der Waals surface area contributed by atoms with Crippen LogP contribution in [0.3, 0.4) is 0 Å². The van der Waals surface area contributed by atoms with Gasteiger partial charge in [-0.2, -0.15) is 9.98 Å². The molecule has 1 rings (SSSR count). The minimum absolute atomic E-state index is 0.467. The van der Waals surface area contributed by atoms with Gasteiger partial charge >= 0.3 is 5.97 Å². The summed E-state index contributed by atoms with van der Waals surface area (Å²) in [6, 6.07) is 2.18. The second-order valence-electron chi connectivity index (χ2n) is 3.45. The van der Waals surface area contributed by atoms with Crippen molar-refractivity contribution >= 4 is 16.0 Å². The monoisotopic (exact) mass is 288 g/mol. The van der Waals surface area contributed by atoms with Crippen LogP contribution in [0.1, 0.15) is 5.56 Å². The summed E-state index contributed by atoms with van der Waals surface area (Å²) in [6.07, 6.45) is 0. The Bertz CT molecular complexity index is 638. The number of halogens is 1.